The van der Waals surface area contributed by atoms with Crippen molar-refractivity contribution in [3.8, 4) is 0 Å². The molecule has 120 valence electrons. The maximum Gasteiger partial charge on any atom is 0.415 e. The molecule has 1 aliphatic carbocycles. The van der Waals surface area contributed by atoms with Gasteiger partial charge in [0.2, 0.25) is 12.0 Å². The predicted molar refractivity (Wildman–Crippen MR) is 80.3 cm³/mol. The summed E-state index contributed by atoms with van der Waals surface area (Å²) in [6, 6.07) is 5.81. The van der Waals surface area contributed by atoms with E-state index in [2.05, 4.69) is 4.74 Å². The number of carbonyl (C=O) groups excluding carboxylic acids is 3. The fourth-order valence-electron chi connectivity index (χ4n) is 3.16. The number of nitrogens with zero attached hydrogens (tertiary/aromatic N) is 2. The molecular formula is C16H16N2O5. The fourth-order valence-corrected chi connectivity index (χ4v) is 3.16. The first-order valence-electron chi connectivity index (χ1n) is 7.59. The Morgan fingerprint density at radius 1 is 1.30 bits per heavy atom. The number of cyclic esters (lactones) is 1. The molecule has 1 saturated heterocycles. The molecule has 2 heterocycles. The van der Waals surface area contributed by atoms with Crippen LogP contribution in [0.2, 0.25) is 0 Å². The van der Waals surface area contributed by atoms with Crippen LogP contribution in [0.4, 0.5) is 16.2 Å². The maximum absolute atomic E-state index is 12.1. The smallest absolute Gasteiger partial charge is 0.415 e. The van der Waals surface area contributed by atoms with Gasteiger partial charge < -0.3 is 14.4 Å². The molecule has 1 aromatic rings. The van der Waals surface area contributed by atoms with Crippen LogP contribution < -0.4 is 9.80 Å². The highest BCUT2D eigenvalue weighted by molar-refractivity contribution is 6.03. The molecule has 3 aliphatic rings. The van der Waals surface area contributed by atoms with Crippen molar-refractivity contribution < 1.29 is 23.9 Å². The second-order valence-electron chi connectivity index (χ2n) is 5.99. The van der Waals surface area contributed by atoms with E-state index in [1.807, 2.05) is 17.0 Å². The molecule has 7 heteroatoms. The minimum Gasteiger partial charge on any atom is -0.466 e. The first kappa shape index (κ1) is 14.0. The van der Waals surface area contributed by atoms with Crippen LogP contribution in [0.3, 0.4) is 0 Å². The minimum atomic E-state index is -0.912. The Morgan fingerprint density at radius 3 is 2.78 bits per heavy atom. The Labute approximate surface area is 132 Å². The van der Waals surface area contributed by atoms with E-state index in [-0.39, 0.29) is 12.5 Å². The number of methoxy groups -OCH3 is 1. The van der Waals surface area contributed by atoms with Crippen LogP contribution in [0.25, 0.3) is 0 Å². The van der Waals surface area contributed by atoms with Crippen molar-refractivity contribution >= 4 is 29.3 Å². The monoisotopic (exact) mass is 316 g/mol. The summed E-state index contributed by atoms with van der Waals surface area (Å²) < 4.78 is 9.63. The molecular weight excluding hydrogens is 300 g/mol. The van der Waals surface area contributed by atoms with E-state index in [4.69, 9.17) is 4.74 Å². The van der Waals surface area contributed by atoms with Crippen LogP contribution in [0.1, 0.15) is 18.4 Å². The van der Waals surface area contributed by atoms with Crippen molar-refractivity contribution in [1.82, 2.24) is 0 Å². The summed E-state index contributed by atoms with van der Waals surface area (Å²) in [5.74, 6) is -0.465. The number of benzene rings is 1. The number of amides is 2. The van der Waals surface area contributed by atoms with Gasteiger partial charge in [-0.2, -0.15) is 0 Å². The zero-order valence-electron chi connectivity index (χ0n) is 12.7. The number of anilines is 2. The number of fused-ring (bicyclic) bond motifs is 1. The standard InChI is InChI=1S/C16H16N2O5/c1-22-15(20)13-8-17(16(21)23-13)11-4-5-12-9(6-11)7-14(19)18(12)10-2-3-10/h4-6,10,13H,2-3,7-8H2,1H3. The Kier molecular flexibility index (Phi) is 3.04. The summed E-state index contributed by atoms with van der Waals surface area (Å²) in [7, 11) is 1.26. The third-order valence-electron chi connectivity index (χ3n) is 4.43. The van der Waals surface area contributed by atoms with Crippen molar-refractivity contribution in [3.05, 3.63) is 23.8 Å². The molecule has 0 N–H and O–H groups in total. The quantitative estimate of drug-likeness (QED) is 0.784. The van der Waals surface area contributed by atoms with Gasteiger partial charge >= 0.3 is 12.1 Å². The number of hydrogen-bond donors (Lipinski definition) is 0. The SMILES string of the molecule is COC(=O)C1CN(c2ccc3c(c2)CC(=O)N3C2CC2)C(=O)O1. The molecule has 1 aromatic carbocycles. The molecule has 2 amide bonds. The van der Waals surface area contributed by atoms with Gasteiger partial charge in [-0.15, -0.1) is 0 Å². The third-order valence-corrected chi connectivity index (χ3v) is 4.43. The summed E-state index contributed by atoms with van der Waals surface area (Å²) >= 11 is 0. The molecule has 1 saturated carbocycles. The summed E-state index contributed by atoms with van der Waals surface area (Å²) in [6.45, 7) is 0.116. The van der Waals surface area contributed by atoms with E-state index in [0.29, 0.717) is 18.2 Å². The summed E-state index contributed by atoms with van der Waals surface area (Å²) in [5, 5.41) is 0. The lowest BCUT2D eigenvalue weighted by atomic mass is 10.1. The van der Waals surface area contributed by atoms with E-state index >= 15 is 0 Å². The molecule has 1 atom stereocenters. The van der Waals surface area contributed by atoms with Gasteiger partial charge in [-0.05, 0) is 36.6 Å². The lowest BCUT2D eigenvalue weighted by Gasteiger charge is -2.18. The summed E-state index contributed by atoms with van der Waals surface area (Å²) in [6.07, 6.45) is 0.954. The highest BCUT2D eigenvalue weighted by atomic mass is 16.6. The number of ether oxygens (including phenoxy) is 2. The summed E-state index contributed by atoms with van der Waals surface area (Å²) in [4.78, 5) is 38.9. The highest BCUT2D eigenvalue weighted by Gasteiger charge is 2.41. The molecule has 0 bridgehead atoms. The zero-order chi connectivity index (χ0) is 16.1. The van der Waals surface area contributed by atoms with E-state index < -0.39 is 18.2 Å². The molecule has 1 unspecified atom stereocenters. The molecule has 0 radical (unpaired) electrons. The molecule has 2 fully saturated rings. The predicted octanol–water partition coefficient (Wildman–Crippen LogP) is 1.24. The molecule has 4 rings (SSSR count). The molecule has 2 aliphatic heterocycles. The van der Waals surface area contributed by atoms with Crippen LogP contribution in [0.5, 0.6) is 0 Å². The van der Waals surface area contributed by atoms with Gasteiger partial charge in [-0.1, -0.05) is 0 Å². The van der Waals surface area contributed by atoms with Crippen molar-refractivity contribution in [1.29, 1.82) is 0 Å². The topological polar surface area (TPSA) is 76.2 Å². The Hall–Kier alpha value is -2.57. The van der Waals surface area contributed by atoms with E-state index in [9.17, 15) is 14.4 Å². The largest absolute Gasteiger partial charge is 0.466 e. The second-order valence-corrected chi connectivity index (χ2v) is 5.99. The molecule has 0 aromatic heterocycles. The molecule has 0 spiro atoms. The van der Waals surface area contributed by atoms with Crippen LogP contribution in [-0.2, 0) is 25.5 Å². The van der Waals surface area contributed by atoms with Crippen LogP contribution >= 0.6 is 0 Å². The van der Waals surface area contributed by atoms with Gasteiger partial charge in [0.15, 0.2) is 0 Å². The summed E-state index contributed by atoms with van der Waals surface area (Å²) in [5.41, 5.74) is 2.47. The van der Waals surface area contributed by atoms with Gasteiger partial charge in [-0.3, -0.25) is 9.69 Å². The average Bonchev–Trinajstić information content (AvgIpc) is 3.21. The van der Waals surface area contributed by atoms with Crippen molar-refractivity contribution in [2.45, 2.75) is 31.4 Å². The normalized spacial score (nSPS) is 23.1. The van der Waals surface area contributed by atoms with Crippen molar-refractivity contribution in [2.24, 2.45) is 0 Å². The van der Waals surface area contributed by atoms with E-state index in [0.717, 1.165) is 24.1 Å². The van der Waals surface area contributed by atoms with Gasteiger partial charge in [0.05, 0.1) is 20.1 Å². The van der Waals surface area contributed by atoms with Gasteiger partial charge in [0.1, 0.15) is 0 Å². The lowest BCUT2D eigenvalue weighted by Crippen LogP contribution is -2.29. The van der Waals surface area contributed by atoms with E-state index in [1.54, 1.807) is 6.07 Å². The lowest BCUT2D eigenvalue weighted by molar-refractivity contribution is -0.148. The number of hydrogen-bond acceptors (Lipinski definition) is 5. The number of esters is 1. The first-order valence-corrected chi connectivity index (χ1v) is 7.59. The van der Waals surface area contributed by atoms with Crippen LogP contribution in [-0.4, -0.2) is 43.8 Å². The van der Waals surface area contributed by atoms with Gasteiger partial charge in [0, 0.05) is 17.4 Å². The number of carbonyl (C=O) groups is 3. The van der Waals surface area contributed by atoms with E-state index in [1.165, 1.54) is 12.0 Å². The maximum atomic E-state index is 12.1. The zero-order valence-corrected chi connectivity index (χ0v) is 12.7. The third kappa shape index (κ3) is 2.23. The van der Waals surface area contributed by atoms with Gasteiger partial charge in [0.25, 0.3) is 0 Å². The number of rotatable bonds is 3. The van der Waals surface area contributed by atoms with Crippen molar-refractivity contribution in [3.63, 3.8) is 0 Å². The Bertz CT molecular complexity index is 712. The Morgan fingerprint density at radius 2 is 2.09 bits per heavy atom. The van der Waals surface area contributed by atoms with Gasteiger partial charge in [-0.25, -0.2) is 9.59 Å². The van der Waals surface area contributed by atoms with Crippen molar-refractivity contribution in [2.75, 3.05) is 23.5 Å². The highest BCUT2D eigenvalue weighted by Crippen LogP contribution is 2.40. The molecule has 23 heavy (non-hydrogen) atoms. The fraction of sp³-hybridized carbons (Fsp3) is 0.438. The first-order chi connectivity index (χ1) is 11.1. The Balaban J connectivity index is 1.60. The molecule has 7 nitrogen and oxygen atoms in total. The van der Waals surface area contributed by atoms with Crippen LogP contribution in [0.15, 0.2) is 18.2 Å². The average molecular weight is 316 g/mol. The van der Waals surface area contributed by atoms with Crippen LogP contribution in [0, 0.1) is 0 Å². The minimum absolute atomic E-state index is 0.107. The second kappa shape index (κ2) is 4.97.